The molecule has 0 aliphatic carbocycles. The third-order valence-electron chi connectivity index (χ3n) is 2.34. The van der Waals surface area contributed by atoms with Gasteiger partial charge < -0.3 is 5.32 Å². The van der Waals surface area contributed by atoms with Crippen molar-refractivity contribution >= 4 is 5.91 Å². The van der Waals surface area contributed by atoms with Gasteiger partial charge in [-0.3, -0.25) is 19.1 Å². The summed E-state index contributed by atoms with van der Waals surface area (Å²) < 4.78 is 36.9. The zero-order valence-electron chi connectivity index (χ0n) is 11.2. The van der Waals surface area contributed by atoms with Crippen LogP contribution in [0.5, 0.6) is 0 Å². The predicted octanol–water partition coefficient (Wildman–Crippen LogP) is 0.147. The van der Waals surface area contributed by atoms with Gasteiger partial charge in [-0.15, -0.1) is 0 Å². The third kappa shape index (κ3) is 4.52. The van der Waals surface area contributed by atoms with Crippen molar-refractivity contribution in [2.45, 2.75) is 26.1 Å². The molecule has 2 N–H and O–H groups in total. The molecule has 0 atom stereocenters. The van der Waals surface area contributed by atoms with Gasteiger partial charge in [0.1, 0.15) is 5.56 Å². The van der Waals surface area contributed by atoms with Crippen LogP contribution in [0.3, 0.4) is 0 Å². The van der Waals surface area contributed by atoms with Crippen LogP contribution in [0, 0.1) is 11.8 Å². The molecule has 0 saturated heterocycles. The summed E-state index contributed by atoms with van der Waals surface area (Å²) in [6.45, 7) is 2.85. The normalized spacial score (nSPS) is 11.0. The molecule has 0 saturated carbocycles. The molecule has 0 aliphatic heterocycles. The predicted molar refractivity (Wildman–Crippen MR) is 67.7 cm³/mol. The van der Waals surface area contributed by atoms with Gasteiger partial charge in [0.2, 0.25) is 0 Å². The molecule has 21 heavy (non-hydrogen) atoms. The fraction of sp³-hybridized carbons (Fsp3) is 0.417. The molecule has 0 aliphatic rings. The number of H-pyrrole nitrogens is 1. The molecule has 6 nitrogen and oxygen atoms in total. The van der Waals surface area contributed by atoms with E-state index >= 15 is 0 Å². The van der Waals surface area contributed by atoms with Crippen molar-refractivity contribution in [3.63, 3.8) is 0 Å². The van der Waals surface area contributed by atoms with Crippen LogP contribution >= 0.6 is 0 Å². The maximum atomic E-state index is 11.9. The molecular formula is C12H12F3N3O3. The standard InChI is InChI=1S/C12H12F3N3O3/c1-7(2)18-6-8(9(19)17-11(18)21)4-3-5-16-10(20)12(13,14)15/h6-7H,5H2,1-2H3,(H,16,20)(H,17,19,21). The summed E-state index contributed by atoms with van der Waals surface area (Å²) in [6.07, 6.45) is -3.77. The van der Waals surface area contributed by atoms with Crippen LogP contribution < -0.4 is 16.6 Å². The molecule has 9 heteroatoms. The first kappa shape index (κ1) is 16.6. The first-order chi connectivity index (χ1) is 9.62. The fourth-order valence-corrected chi connectivity index (χ4v) is 1.32. The summed E-state index contributed by atoms with van der Waals surface area (Å²) >= 11 is 0. The maximum absolute atomic E-state index is 11.9. The number of carbonyl (C=O) groups is 1. The Morgan fingerprint density at radius 3 is 2.57 bits per heavy atom. The van der Waals surface area contributed by atoms with Crippen molar-refractivity contribution in [1.29, 1.82) is 0 Å². The van der Waals surface area contributed by atoms with Gasteiger partial charge in [-0.2, -0.15) is 13.2 Å². The second-order valence-electron chi connectivity index (χ2n) is 4.29. The van der Waals surface area contributed by atoms with Gasteiger partial charge in [-0.1, -0.05) is 11.8 Å². The van der Waals surface area contributed by atoms with Gasteiger partial charge in [-0.05, 0) is 13.8 Å². The Morgan fingerprint density at radius 1 is 1.43 bits per heavy atom. The highest BCUT2D eigenvalue weighted by Gasteiger charge is 2.38. The van der Waals surface area contributed by atoms with E-state index in [-0.39, 0.29) is 11.6 Å². The molecule has 0 radical (unpaired) electrons. The summed E-state index contributed by atoms with van der Waals surface area (Å²) in [7, 11) is 0. The minimum absolute atomic E-state index is 0.0791. The lowest BCUT2D eigenvalue weighted by Gasteiger charge is -2.08. The highest BCUT2D eigenvalue weighted by molar-refractivity contribution is 5.81. The average molecular weight is 303 g/mol. The summed E-state index contributed by atoms with van der Waals surface area (Å²) in [6, 6.07) is -0.222. The number of halogens is 3. The Labute approximate surface area is 117 Å². The molecule has 0 unspecified atom stereocenters. The molecular weight excluding hydrogens is 291 g/mol. The van der Waals surface area contributed by atoms with Crippen LogP contribution in [0.25, 0.3) is 0 Å². The number of aromatic nitrogens is 2. The number of nitrogens with zero attached hydrogens (tertiary/aromatic N) is 1. The lowest BCUT2D eigenvalue weighted by molar-refractivity contribution is -0.173. The van der Waals surface area contributed by atoms with E-state index in [0.717, 1.165) is 0 Å². The van der Waals surface area contributed by atoms with Gasteiger partial charge in [0.15, 0.2) is 0 Å². The Hall–Kier alpha value is -2.50. The van der Waals surface area contributed by atoms with Gasteiger partial charge >= 0.3 is 17.8 Å². The van der Waals surface area contributed by atoms with Gasteiger partial charge in [-0.25, -0.2) is 4.79 Å². The Morgan fingerprint density at radius 2 is 2.05 bits per heavy atom. The van der Waals surface area contributed by atoms with Gasteiger partial charge in [0.25, 0.3) is 5.56 Å². The quantitative estimate of drug-likeness (QED) is 0.763. The van der Waals surface area contributed by atoms with E-state index in [1.165, 1.54) is 10.8 Å². The van der Waals surface area contributed by atoms with Gasteiger partial charge in [0, 0.05) is 12.2 Å². The SMILES string of the molecule is CC(C)n1cc(C#CCNC(=O)C(F)(F)F)c(=O)[nH]c1=O. The topological polar surface area (TPSA) is 84.0 Å². The van der Waals surface area contributed by atoms with Crippen LogP contribution in [0.2, 0.25) is 0 Å². The molecule has 0 aromatic carbocycles. The molecule has 0 bridgehead atoms. The van der Waals surface area contributed by atoms with Crippen LogP contribution in [0.4, 0.5) is 13.2 Å². The maximum Gasteiger partial charge on any atom is 0.471 e. The monoisotopic (exact) mass is 303 g/mol. The summed E-state index contributed by atoms with van der Waals surface area (Å²) in [5.74, 6) is 2.41. The molecule has 1 aromatic rings. The van der Waals surface area contributed by atoms with E-state index in [1.807, 2.05) is 4.98 Å². The van der Waals surface area contributed by atoms with Crippen LogP contribution in [0.15, 0.2) is 15.8 Å². The zero-order chi connectivity index (χ0) is 16.2. The molecule has 1 heterocycles. The number of nitrogens with one attached hydrogen (secondary N) is 2. The highest BCUT2D eigenvalue weighted by Crippen LogP contribution is 2.13. The summed E-state index contributed by atoms with van der Waals surface area (Å²) in [5, 5.41) is 1.54. The lowest BCUT2D eigenvalue weighted by Crippen LogP contribution is -2.36. The first-order valence-electron chi connectivity index (χ1n) is 5.82. The third-order valence-corrected chi connectivity index (χ3v) is 2.34. The molecule has 114 valence electrons. The number of carbonyl (C=O) groups excluding carboxylic acids is 1. The lowest BCUT2D eigenvalue weighted by atomic mass is 10.3. The second kappa shape index (κ2) is 6.30. The van der Waals surface area contributed by atoms with E-state index in [0.29, 0.717) is 0 Å². The van der Waals surface area contributed by atoms with E-state index in [2.05, 4.69) is 11.8 Å². The Balaban J connectivity index is 2.89. The van der Waals surface area contributed by atoms with E-state index in [4.69, 9.17) is 0 Å². The van der Waals surface area contributed by atoms with Crippen molar-refractivity contribution in [3.05, 3.63) is 32.6 Å². The summed E-state index contributed by atoms with van der Waals surface area (Å²) in [4.78, 5) is 35.5. The number of amides is 1. The Kier molecular flexibility index (Phi) is 4.97. The van der Waals surface area contributed by atoms with Crippen LogP contribution in [-0.2, 0) is 4.79 Å². The second-order valence-corrected chi connectivity index (χ2v) is 4.29. The summed E-state index contributed by atoms with van der Waals surface area (Å²) in [5.41, 5.74) is -1.43. The van der Waals surface area contributed by atoms with Crippen molar-refractivity contribution in [1.82, 2.24) is 14.9 Å². The largest absolute Gasteiger partial charge is 0.471 e. The van der Waals surface area contributed by atoms with Crippen molar-refractivity contribution in [3.8, 4) is 11.8 Å². The first-order valence-corrected chi connectivity index (χ1v) is 5.82. The minimum atomic E-state index is -4.98. The molecule has 1 amide bonds. The molecule has 0 spiro atoms. The number of alkyl halides is 3. The molecule has 1 rings (SSSR count). The van der Waals surface area contributed by atoms with E-state index < -0.39 is 29.9 Å². The average Bonchev–Trinajstić information content (AvgIpc) is 2.34. The number of hydrogen-bond acceptors (Lipinski definition) is 3. The van der Waals surface area contributed by atoms with Crippen LogP contribution in [0.1, 0.15) is 25.5 Å². The number of aromatic amines is 1. The Bertz CT molecular complexity index is 705. The van der Waals surface area contributed by atoms with Crippen LogP contribution in [-0.4, -0.2) is 28.2 Å². The zero-order valence-corrected chi connectivity index (χ0v) is 11.2. The minimum Gasteiger partial charge on any atom is -0.337 e. The number of rotatable bonds is 2. The smallest absolute Gasteiger partial charge is 0.337 e. The molecule has 1 aromatic heterocycles. The molecule has 0 fully saturated rings. The highest BCUT2D eigenvalue weighted by atomic mass is 19.4. The van der Waals surface area contributed by atoms with E-state index in [1.54, 1.807) is 19.2 Å². The fourth-order valence-electron chi connectivity index (χ4n) is 1.32. The van der Waals surface area contributed by atoms with Gasteiger partial charge in [0.05, 0.1) is 6.54 Å². The van der Waals surface area contributed by atoms with Crippen molar-refractivity contribution < 1.29 is 18.0 Å². The van der Waals surface area contributed by atoms with E-state index in [9.17, 15) is 27.6 Å². The van der Waals surface area contributed by atoms with Crippen molar-refractivity contribution in [2.75, 3.05) is 6.54 Å². The number of hydrogen-bond donors (Lipinski definition) is 2. The van der Waals surface area contributed by atoms with Crippen molar-refractivity contribution in [2.24, 2.45) is 0 Å².